The van der Waals surface area contributed by atoms with E-state index in [2.05, 4.69) is 5.32 Å². The number of rotatable bonds is 4. The van der Waals surface area contributed by atoms with Crippen molar-refractivity contribution in [3.63, 3.8) is 0 Å². The first-order chi connectivity index (χ1) is 7.59. The van der Waals surface area contributed by atoms with Crippen LogP contribution in [0.4, 0.5) is 0 Å². The highest BCUT2D eigenvalue weighted by Crippen LogP contribution is 2.22. The Kier molecular flexibility index (Phi) is 5.29. The Labute approximate surface area is 96.4 Å². The number of carbonyl (C=O) groups is 2. The molecular formula is C12H21NO3. The first-order valence-electron chi connectivity index (χ1n) is 6.11. The summed E-state index contributed by atoms with van der Waals surface area (Å²) in [5.41, 5.74) is 0. The molecule has 4 heteroatoms. The van der Waals surface area contributed by atoms with Gasteiger partial charge >= 0.3 is 5.97 Å². The maximum atomic E-state index is 11.8. The number of amides is 1. The van der Waals surface area contributed by atoms with Crippen LogP contribution < -0.4 is 5.32 Å². The average Bonchev–Trinajstić information content (AvgIpc) is 2.43. The largest absolute Gasteiger partial charge is 0.481 e. The van der Waals surface area contributed by atoms with E-state index in [1.54, 1.807) is 6.92 Å². The van der Waals surface area contributed by atoms with Crippen LogP contribution in [-0.2, 0) is 9.59 Å². The van der Waals surface area contributed by atoms with E-state index in [4.69, 9.17) is 5.11 Å². The molecule has 0 heterocycles. The Morgan fingerprint density at radius 2 is 1.81 bits per heavy atom. The topological polar surface area (TPSA) is 66.4 Å². The molecule has 1 fully saturated rings. The molecule has 1 aliphatic rings. The molecule has 1 atom stereocenters. The lowest BCUT2D eigenvalue weighted by atomic mass is 9.99. The Bertz CT molecular complexity index is 245. The molecule has 0 spiro atoms. The number of carboxylic acids is 1. The number of carboxylic acid groups (broad SMARTS) is 1. The van der Waals surface area contributed by atoms with E-state index in [0.29, 0.717) is 0 Å². The van der Waals surface area contributed by atoms with Crippen molar-refractivity contribution in [2.75, 3.05) is 0 Å². The quantitative estimate of drug-likeness (QED) is 0.721. The molecule has 0 aromatic heterocycles. The molecule has 0 aromatic carbocycles. The molecule has 1 amide bonds. The van der Waals surface area contributed by atoms with Gasteiger partial charge in [0, 0.05) is 12.0 Å². The minimum absolute atomic E-state index is 0.00153. The first-order valence-corrected chi connectivity index (χ1v) is 6.11. The molecule has 1 rings (SSSR count). The highest BCUT2D eigenvalue weighted by molar-refractivity contribution is 5.79. The van der Waals surface area contributed by atoms with Gasteiger partial charge in [-0.15, -0.1) is 0 Å². The molecule has 1 saturated carbocycles. The summed E-state index contributed by atoms with van der Waals surface area (Å²) in [5, 5.41) is 11.4. The average molecular weight is 227 g/mol. The molecule has 1 unspecified atom stereocenters. The Hall–Kier alpha value is -1.06. The van der Waals surface area contributed by atoms with Crippen LogP contribution in [-0.4, -0.2) is 23.0 Å². The predicted octanol–water partition coefficient (Wildman–Crippen LogP) is 1.94. The summed E-state index contributed by atoms with van der Waals surface area (Å²) in [4.78, 5) is 22.3. The highest BCUT2D eigenvalue weighted by Gasteiger charge is 2.21. The number of hydrogen-bond acceptors (Lipinski definition) is 2. The second-order valence-electron chi connectivity index (χ2n) is 4.70. The Morgan fingerprint density at radius 3 is 2.31 bits per heavy atom. The van der Waals surface area contributed by atoms with Crippen LogP contribution in [0.15, 0.2) is 0 Å². The number of nitrogens with one attached hydrogen (secondary N) is 1. The van der Waals surface area contributed by atoms with Gasteiger partial charge in [0.2, 0.25) is 5.91 Å². The molecule has 0 saturated heterocycles. The predicted molar refractivity (Wildman–Crippen MR) is 61.0 cm³/mol. The van der Waals surface area contributed by atoms with Crippen molar-refractivity contribution < 1.29 is 14.7 Å². The van der Waals surface area contributed by atoms with Crippen LogP contribution in [0.3, 0.4) is 0 Å². The zero-order valence-electron chi connectivity index (χ0n) is 9.87. The lowest BCUT2D eigenvalue weighted by Crippen LogP contribution is -2.38. The molecule has 92 valence electrons. The van der Waals surface area contributed by atoms with Gasteiger partial charge in [-0.05, 0) is 19.8 Å². The van der Waals surface area contributed by atoms with Crippen molar-refractivity contribution in [1.29, 1.82) is 0 Å². The van der Waals surface area contributed by atoms with Crippen molar-refractivity contribution >= 4 is 11.9 Å². The second-order valence-corrected chi connectivity index (χ2v) is 4.70. The number of aliphatic carboxylic acids is 1. The minimum atomic E-state index is -0.867. The molecular weight excluding hydrogens is 206 g/mol. The van der Waals surface area contributed by atoms with E-state index in [9.17, 15) is 9.59 Å². The molecule has 0 aliphatic heterocycles. The van der Waals surface area contributed by atoms with Gasteiger partial charge in [0.05, 0.1) is 6.42 Å². The Morgan fingerprint density at radius 1 is 1.25 bits per heavy atom. The minimum Gasteiger partial charge on any atom is -0.481 e. The molecule has 1 aliphatic carbocycles. The lowest BCUT2D eigenvalue weighted by Gasteiger charge is -2.17. The monoisotopic (exact) mass is 227 g/mol. The Balaban J connectivity index is 2.34. The molecule has 0 bridgehead atoms. The smallest absolute Gasteiger partial charge is 0.305 e. The van der Waals surface area contributed by atoms with Crippen LogP contribution in [0.2, 0.25) is 0 Å². The van der Waals surface area contributed by atoms with E-state index < -0.39 is 5.97 Å². The van der Waals surface area contributed by atoms with Crippen molar-refractivity contribution in [2.45, 2.75) is 57.9 Å². The molecule has 0 aromatic rings. The van der Waals surface area contributed by atoms with E-state index in [1.165, 1.54) is 12.8 Å². The summed E-state index contributed by atoms with van der Waals surface area (Å²) >= 11 is 0. The van der Waals surface area contributed by atoms with E-state index in [1.807, 2.05) is 0 Å². The van der Waals surface area contributed by atoms with Crippen molar-refractivity contribution in [3.05, 3.63) is 0 Å². The SMILES string of the molecule is CC(CC(=O)O)NC(=O)C1CCCCCC1. The van der Waals surface area contributed by atoms with Gasteiger partial charge in [0.25, 0.3) is 0 Å². The van der Waals surface area contributed by atoms with Gasteiger partial charge in [0.1, 0.15) is 0 Å². The van der Waals surface area contributed by atoms with Crippen LogP contribution in [0, 0.1) is 5.92 Å². The van der Waals surface area contributed by atoms with Crippen LogP contribution in [0.1, 0.15) is 51.9 Å². The third-order valence-corrected chi connectivity index (χ3v) is 3.10. The fourth-order valence-corrected chi connectivity index (χ4v) is 2.22. The normalized spacial score (nSPS) is 19.8. The summed E-state index contributed by atoms with van der Waals surface area (Å²) in [6, 6.07) is -0.270. The zero-order chi connectivity index (χ0) is 12.0. The fourth-order valence-electron chi connectivity index (χ4n) is 2.22. The number of hydrogen-bond donors (Lipinski definition) is 2. The molecule has 16 heavy (non-hydrogen) atoms. The van der Waals surface area contributed by atoms with Gasteiger partial charge in [-0.3, -0.25) is 9.59 Å². The van der Waals surface area contributed by atoms with Crippen molar-refractivity contribution in [3.8, 4) is 0 Å². The zero-order valence-corrected chi connectivity index (χ0v) is 9.87. The van der Waals surface area contributed by atoms with E-state index in [-0.39, 0.29) is 24.3 Å². The van der Waals surface area contributed by atoms with Gasteiger partial charge in [-0.1, -0.05) is 25.7 Å². The van der Waals surface area contributed by atoms with Crippen LogP contribution >= 0.6 is 0 Å². The van der Waals surface area contributed by atoms with Gasteiger partial charge in [0.15, 0.2) is 0 Å². The third-order valence-electron chi connectivity index (χ3n) is 3.10. The highest BCUT2D eigenvalue weighted by atomic mass is 16.4. The van der Waals surface area contributed by atoms with E-state index >= 15 is 0 Å². The third kappa shape index (κ3) is 4.64. The molecule has 2 N–H and O–H groups in total. The van der Waals surface area contributed by atoms with E-state index in [0.717, 1.165) is 25.7 Å². The molecule has 0 radical (unpaired) electrons. The summed E-state index contributed by atoms with van der Waals surface area (Å²) < 4.78 is 0. The standard InChI is InChI=1S/C12H21NO3/c1-9(8-11(14)15)13-12(16)10-6-4-2-3-5-7-10/h9-10H,2-8H2,1H3,(H,13,16)(H,14,15). The lowest BCUT2D eigenvalue weighted by molar-refractivity contribution is -0.137. The summed E-state index contributed by atoms with van der Waals surface area (Å²) in [6.07, 6.45) is 6.56. The van der Waals surface area contributed by atoms with Crippen molar-refractivity contribution in [1.82, 2.24) is 5.32 Å². The van der Waals surface area contributed by atoms with Crippen LogP contribution in [0.25, 0.3) is 0 Å². The second kappa shape index (κ2) is 6.51. The number of carbonyl (C=O) groups excluding carboxylic acids is 1. The maximum absolute atomic E-state index is 11.8. The fraction of sp³-hybridized carbons (Fsp3) is 0.833. The van der Waals surface area contributed by atoms with Gasteiger partial charge in [-0.25, -0.2) is 0 Å². The van der Waals surface area contributed by atoms with Crippen molar-refractivity contribution in [2.24, 2.45) is 5.92 Å². The summed E-state index contributed by atoms with van der Waals surface area (Å²) in [6.45, 7) is 1.74. The van der Waals surface area contributed by atoms with Gasteiger partial charge in [-0.2, -0.15) is 0 Å². The summed E-state index contributed by atoms with van der Waals surface area (Å²) in [7, 11) is 0. The maximum Gasteiger partial charge on any atom is 0.305 e. The van der Waals surface area contributed by atoms with Crippen LogP contribution in [0.5, 0.6) is 0 Å². The van der Waals surface area contributed by atoms with Gasteiger partial charge < -0.3 is 10.4 Å². The molecule has 4 nitrogen and oxygen atoms in total. The first kappa shape index (κ1) is 13.0. The summed E-state index contributed by atoms with van der Waals surface area (Å²) in [5.74, 6) is -0.733.